The molecule has 126 valence electrons. The number of halogens is 3. The maximum atomic E-state index is 13.1. The molecule has 0 aromatic heterocycles. The number of amides is 1. The number of alkyl halides is 3. The van der Waals surface area contributed by atoms with Gasteiger partial charge in [0.05, 0.1) is 5.57 Å². The van der Waals surface area contributed by atoms with Crippen LogP contribution in [0, 0.1) is 0 Å². The van der Waals surface area contributed by atoms with E-state index in [-0.39, 0.29) is 5.56 Å². The minimum atomic E-state index is -4.58. The molecular formula is C19H18F3NO. The highest BCUT2D eigenvalue weighted by Gasteiger charge is 2.35. The maximum Gasteiger partial charge on any atom is 0.417 e. The summed E-state index contributed by atoms with van der Waals surface area (Å²) in [5.74, 6) is -0.737. The Morgan fingerprint density at radius 2 is 1.54 bits per heavy atom. The van der Waals surface area contributed by atoms with Crippen molar-refractivity contribution in [1.82, 2.24) is 5.32 Å². The van der Waals surface area contributed by atoms with Crippen molar-refractivity contribution in [3.8, 4) is 0 Å². The molecule has 0 atom stereocenters. The van der Waals surface area contributed by atoms with Gasteiger partial charge in [-0.1, -0.05) is 60.7 Å². The molecule has 1 N–H and O–H groups in total. The minimum Gasteiger partial charge on any atom is -0.353 e. The standard InChI is InChI=1S/C19H18F3NO/c20-19(21,22)17(16-11-5-2-6-12-16)14-18(24)23-13-7-10-15-8-3-1-4-9-15/h1-6,8-9,11-12,14H,7,10,13H2,(H,23,24)/b17-14+. The Balaban J connectivity index is 1.93. The van der Waals surface area contributed by atoms with E-state index in [1.165, 1.54) is 24.3 Å². The molecule has 0 aliphatic rings. The Morgan fingerprint density at radius 1 is 0.958 bits per heavy atom. The van der Waals surface area contributed by atoms with Gasteiger partial charge in [0.15, 0.2) is 0 Å². The van der Waals surface area contributed by atoms with E-state index in [9.17, 15) is 18.0 Å². The molecule has 0 radical (unpaired) electrons. The van der Waals surface area contributed by atoms with Crippen LogP contribution in [0.25, 0.3) is 5.57 Å². The first-order valence-electron chi connectivity index (χ1n) is 7.63. The van der Waals surface area contributed by atoms with Crippen molar-refractivity contribution in [2.75, 3.05) is 6.54 Å². The van der Waals surface area contributed by atoms with Crippen LogP contribution in [0.4, 0.5) is 13.2 Å². The lowest BCUT2D eigenvalue weighted by Gasteiger charge is -2.12. The van der Waals surface area contributed by atoms with Crippen LogP contribution in [0.5, 0.6) is 0 Å². The van der Waals surface area contributed by atoms with Crippen molar-refractivity contribution in [2.45, 2.75) is 19.0 Å². The largest absolute Gasteiger partial charge is 0.417 e. The lowest BCUT2D eigenvalue weighted by molar-refractivity contribution is -0.117. The predicted octanol–water partition coefficient (Wildman–Crippen LogP) is 4.38. The second-order valence-corrected chi connectivity index (χ2v) is 5.30. The van der Waals surface area contributed by atoms with E-state index in [4.69, 9.17) is 0 Å². The monoisotopic (exact) mass is 333 g/mol. The van der Waals surface area contributed by atoms with Gasteiger partial charge in [0.1, 0.15) is 0 Å². The molecule has 2 rings (SSSR count). The van der Waals surface area contributed by atoms with Crippen molar-refractivity contribution < 1.29 is 18.0 Å². The Labute approximate surface area is 139 Å². The molecule has 2 aromatic rings. The van der Waals surface area contributed by atoms with Crippen molar-refractivity contribution in [3.63, 3.8) is 0 Å². The quantitative estimate of drug-likeness (QED) is 0.617. The topological polar surface area (TPSA) is 29.1 Å². The molecule has 0 heterocycles. The average Bonchev–Trinajstić information content (AvgIpc) is 2.57. The smallest absolute Gasteiger partial charge is 0.353 e. The van der Waals surface area contributed by atoms with Gasteiger partial charge in [-0.2, -0.15) is 13.2 Å². The van der Waals surface area contributed by atoms with Gasteiger partial charge in [-0.05, 0) is 24.0 Å². The van der Waals surface area contributed by atoms with Crippen LogP contribution >= 0.6 is 0 Å². The molecule has 0 aliphatic heterocycles. The third-order valence-corrected chi connectivity index (χ3v) is 3.45. The van der Waals surface area contributed by atoms with Crippen LogP contribution in [-0.2, 0) is 11.2 Å². The normalized spacial score (nSPS) is 12.0. The molecule has 1 amide bonds. The first-order chi connectivity index (χ1) is 11.5. The summed E-state index contributed by atoms with van der Waals surface area (Å²) < 4.78 is 39.4. The lowest BCUT2D eigenvalue weighted by Crippen LogP contribution is -2.24. The van der Waals surface area contributed by atoms with Crippen molar-refractivity contribution in [2.24, 2.45) is 0 Å². The van der Waals surface area contributed by atoms with E-state index in [0.29, 0.717) is 19.0 Å². The molecule has 0 aliphatic carbocycles. The molecule has 0 unspecified atom stereocenters. The molecule has 0 fully saturated rings. The van der Waals surface area contributed by atoms with Crippen molar-refractivity contribution in [3.05, 3.63) is 77.9 Å². The van der Waals surface area contributed by atoms with Gasteiger partial charge >= 0.3 is 6.18 Å². The Morgan fingerprint density at radius 3 is 2.12 bits per heavy atom. The number of nitrogens with one attached hydrogen (secondary N) is 1. The van der Waals surface area contributed by atoms with Crippen molar-refractivity contribution in [1.29, 1.82) is 0 Å². The highest BCUT2D eigenvalue weighted by atomic mass is 19.4. The van der Waals surface area contributed by atoms with Gasteiger partial charge in [-0.3, -0.25) is 4.79 Å². The van der Waals surface area contributed by atoms with E-state index >= 15 is 0 Å². The number of hydrogen-bond acceptors (Lipinski definition) is 1. The number of benzene rings is 2. The Bertz CT molecular complexity index is 679. The summed E-state index contributed by atoms with van der Waals surface area (Å²) in [5.41, 5.74) is 0.163. The number of hydrogen-bond donors (Lipinski definition) is 1. The van der Waals surface area contributed by atoms with E-state index in [1.807, 2.05) is 30.3 Å². The number of allylic oxidation sites excluding steroid dienone is 1. The number of aryl methyl sites for hydroxylation is 1. The van der Waals surface area contributed by atoms with Crippen LogP contribution in [0.3, 0.4) is 0 Å². The van der Waals surface area contributed by atoms with Gasteiger partial charge in [0.2, 0.25) is 5.91 Å². The first-order valence-corrected chi connectivity index (χ1v) is 7.63. The molecule has 0 saturated heterocycles. The molecule has 5 heteroatoms. The highest BCUT2D eigenvalue weighted by Crippen LogP contribution is 2.33. The van der Waals surface area contributed by atoms with Gasteiger partial charge < -0.3 is 5.32 Å². The fourth-order valence-corrected chi connectivity index (χ4v) is 2.28. The van der Waals surface area contributed by atoms with Gasteiger partial charge in [-0.15, -0.1) is 0 Å². The molecule has 2 aromatic carbocycles. The summed E-state index contributed by atoms with van der Waals surface area (Å²) in [7, 11) is 0. The SMILES string of the molecule is O=C(/C=C(\c1ccccc1)C(F)(F)F)NCCCc1ccccc1. The number of rotatable bonds is 6. The van der Waals surface area contributed by atoms with E-state index in [2.05, 4.69) is 5.32 Å². The first kappa shape index (κ1) is 17.8. The zero-order valence-electron chi connectivity index (χ0n) is 13.0. The van der Waals surface area contributed by atoms with Crippen LogP contribution in [-0.4, -0.2) is 18.6 Å². The fourth-order valence-electron chi connectivity index (χ4n) is 2.28. The van der Waals surface area contributed by atoms with Crippen LogP contribution in [0.1, 0.15) is 17.5 Å². The highest BCUT2D eigenvalue weighted by molar-refractivity contribution is 5.96. The summed E-state index contributed by atoms with van der Waals surface area (Å²) in [6.45, 7) is 0.324. The number of carbonyl (C=O) groups is 1. The average molecular weight is 333 g/mol. The van der Waals surface area contributed by atoms with Crippen LogP contribution < -0.4 is 5.32 Å². The Kier molecular flexibility index (Phi) is 6.18. The fraction of sp³-hybridized carbons (Fsp3) is 0.211. The molecule has 0 saturated carbocycles. The molecule has 0 bridgehead atoms. The van der Waals surface area contributed by atoms with Crippen LogP contribution in [0.15, 0.2) is 66.7 Å². The van der Waals surface area contributed by atoms with Gasteiger partial charge in [0.25, 0.3) is 0 Å². The van der Waals surface area contributed by atoms with Crippen LogP contribution in [0.2, 0.25) is 0 Å². The molecule has 24 heavy (non-hydrogen) atoms. The van der Waals surface area contributed by atoms with Crippen molar-refractivity contribution >= 4 is 11.5 Å². The minimum absolute atomic E-state index is 0.0237. The van der Waals surface area contributed by atoms with E-state index in [0.717, 1.165) is 12.0 Å². The van der Waals surface area contributed by atoms with Gasteiger partial charge in [0, 0.05) is 12.6 Å². The van der Waals surface area contributed by atoms with E-state index < -0.39 is 17.7 Å². The van der Waals surface area contributed by atoms with E-state index in [1.54, 1.807) is 6.07 Å². The summed E-state index contributed by atoms with van der Waals surface area (Å²) in [5, 5.41) is 2.51. The third kappa shape index (κ3) is 5.57. The predicted molar refractivity (Wildman–Crippen MR) is 88.2 cm³/mol. The maximum absolute atomic E-state index is 13.1. The summed E-state index contributed by atoms with van der Waals surface area (Å²) >= 11 is 0. The Hall–Kier alpha value is -2.56. The molecule has 0 spiro atoms. The second kappa shape index (κ2) is 8.34. The summed E-state index contributed by atoms with van der Waals surface area (Å²) in [4.78, 5) is 11.8. The molecular weight excluding hydrogens is 315 g/mol. The third-order valence-electron chi connectivity index (χ3n) is 3.45. The zero-order chi connectivity index (χ0) is 17.4. The summed E-state index contributed by atoms with van der Waals surface area (Å²) in [6, 6.07) is 17.0. The van der Waals surface area contributed by atoms with Gasteiger partial charge in [-0.25, -0.2) is 0 Å². The second-order valence-electron chi connectivity index (χ2n) is 5.30. The lowest BCUT2D eigenvalue weighted by atomic mass is 10.1. The molecule has 2 nitrogen and oxygen atoms in total. The number of carbonyl (C=O) groups excluding carboxylic acids is 1. The zero-order valence-corrected chi connectivity index (χ0v) is 13.0. The summed E-state index contributed by atoms with van der Waals surface area (Å²) in [6.07, 6.45) is -2.54.